The Morgan fingerprint density at radius 1 is 1.26 bits per heavy atom. The van der Waals surface area contributed by atoms with E-state index in [4.69, 9.17) is 4.74 Å². The fourth-order valence-corrected chi connectivity index (χ4v) is 4.93. The number of amides is 2. The van der Waals surface area contributed by atoms with Gasteiger partial charge in [-0.2, -0.15) is 0 Å². The summed E-state index contributed by atoms with van der Waals surface area (Å²) in [6.45, 7) is 2.69. The second kappa shape index (κ2) is 9.53. The minimum absolute atomic E-state index is 0.0953. The fourth-order valence-electron chi connectivity index (χ4n) is 3.42. The van der Waals surface area contributed by atoms with Gasteiger partial charge in [-0.05, 0) is 49.7 Å². The van der Waals surface area contributed by atoms with E-state index in [9.17, 15) is 9.59 Å². The highest BCUT2D eigenvalue weighted by Crippen LogP contribution is 2.34. The molecule has 4 rings (SSSR count). The number of carbonyl (C=O) groups is 2. The normalized spacial score (nSPS) is 13.5. The number of nitrogens with one attached hydrogen (secondary N) is 1. The number of carbonyl (C=O) groups excluding carboxylic acids is 2. The second-order valence-corrected chi connectivity index (χ2v) is 9.27. The third-order valence-corrected chi connectivity index (χ3v) is 6.84. The van der Waals surface area contributed by atoms with Crippen LogP contribution in [0.3, 0.4) is 0 Å². The summed E-state index contributed by atoms with van der Waals surface area (Å²) < 4.78 is 5.46. The third kappa shape index (κ3) is 5.08. The molecule has 0 spiro atoms. The van der Waals surface area contributed by atoms with Gasteiger partial charge in [0.25, 0.3) is 5.91 Å². The van der Waals surface area contributed by atoms with Crippen molar-refractivity contribution in [1.29, 1.82) is 0 Å². The minimum atomic E-state index is -0.196. The molecule has 6 nitrogen and oxygen atoms in total. The molecule has 3 aromatic rings. The van der Waals surface area contributed by atoms with Crippen LogP contribution in [-0.2, 0) is 10.5 Å². The van der Waals surface area contributed by atoms with E-state index in [2.05, 4.69) is 15.7 Å². The molecule has 2 heterocycles. The number of nitrogens with zero attached hydrogens (tertiary/aromatic N) is 2. The Hall–Kier alpha value is -2.84. The highest BCUT2D eigenvalue weighted by atomic mass is 32.2. The van der Waals surface area contributed by atoms with Crippen LogP contribution in [0.25, 0.3) is 0 Å². The van der Waals surface area contributed by atoms with Gasteiger partial charge < -0.3 is 15.0 Å². The van der Waals surface area contributed by atoms with Crippen LogP contribution in [0.1, 0.15) is 33.9 Å². The topological polar surface area (TPSA) is 71.5 Å². The maximum Gasteiger partial charge on any atom is 0.255 e. The Kier molecular flexibility index (Phi) is 6.58. The standard InChI is InChI=1S/C23H23N3O3S2/c1-15-24-18(13-30-15)14-31-19-8-5-16(6-9-19)23(28)25-17-7-10-20(21(12-17)29-2)26-11-3-4-22(26)27/h5-10,12-13H,3-4,11,14H2,1-2H3,(H,25,28). The van der Waals surface area contributed by atoms with Crippen LogP contribution in [0, 0.1) is 6.92 Å². The van der Waals surface area contributed by atoms with E-state index in [1.165, 1.54) is 0 Å². The molecule has 1 fully saturated rings. The molecule has 0 bridgehead atoms. The van der Waals surface area contributed by atoms with Crippen LogP contribution in [0.15, 0.2) is 52.7 Å². The van der Waals surface area contributed by atoms with Crippen LogP contribution in [0.5, 0.6) is 5.75 Å². The van der Waals surface area contributed by atoms with Crippen molar-refractivity contribution in [2.45, 2.75) is 30.4 Å². The molecule has 31 heavy (non-hydrogen) atoms. The predicted octanol–water partition coefficient (Wildman–Crippen LogP) is 5.13. The lowest BCUT2D eigenvalue weighted by Crippen LogP contribution is -2.24. The number of thiazole rings is 1. The van der Waals surface area contributed by atoms with Crippen molar-refractivity contribution in [2.24, 2.45) is 0 Å². The van der Waals surface area contributed by atoms with E-state index in [-0.39, 0.29) is 11.8 Å². The highest BCUT2D eigenvalue weighted by molar-refractivity contribution is 7.98. The Bertz CT molecular complexity index is 1100. The van der Waals surface area contributed by atoms with E-state index < -0.39 is 0 Å². The van der Waals surface area contributed by atoms with Gasteiger partial charge in [0, 0.05) is 46.3 Å². The first-order chi connectivity index (χ1) is 15.0. The predicted molar refractivity (Wildman–Crippen MR) is 125 cm³/mol. The summed E-state index contributed by atoms with van der Waals surface area (Å²) in [5.74, 6) is 1.27. The van der Waals surface area contributed by atoms with Crippen molar-refractivity contribution in [3.8, 4) is 5.75 Å². The molecule has 0 aliphatic carbocycles. The Balaban J connectivity index is 1.40. The maximum atomic E-state index is 12.7. The van der Waals surface area contributed by atoms with Crippen molar-refractivity contribution in [3.63, 3.8) is 0 Å². The molecule has 1 aliphatic heterocycles. The summed E-state index contributed by atoms with van der Waals surface area (Å²) >= 11 is 3.35. The van der Waals surface area contributed by atoms with Crippen LogP contribution in [0.4, 0.5) is 11.4 Å². The highest BCUT2D eigenvalue weighted by Gasteiger charge is 2.24. The number of rotatable bonds is 7. The summed E-state index contributed by atoms with van der Waals surface area (Å²) in [6, 6.07) is 12.9. The summed E-state index contributed by atoms with van der Waals surface area (Å²) in [6.07, 6.45) is 1.40. The van der Waals surface area contributed by atoms with Crippen LogP contribution < -0.4 is 15.0 Å². The fraction of sp³-hybridized carbons (Fsp3) is 0.261. The van der Waals surface area contributed by atoms with Gasteiger partial charge in [-0.15, -0.1) is 23.1 Å². The first-order valence-electron chi connectivity index (χ1n) is 9.97. The largest absolute Gasteiger partial charge is 0.494 e. The average molecular weight is 454 g/mol. The van der Waals surface area contributed by atoms with Gasteiger partial charge in [0.15, 0.2) is 0 Å². The molecule has 1 aromatic heterocycles. The first-order valence-corrected chi connectivity index (χ1v) is 11.8. The molecule has 0 saturated carbocycles. The smallest absolute Gasteiger partial charge is 0.255 e. The average Bonchev–Trinajstić information content (AvgIpc) is 3.40. The zero-order valence-corrected chi connectivity index (χ0v) is 19.0. The van der Waals surface area contributed by atoms with Gasteiger partial charge >= 0.3 is 0 Å². The minimum Gasteiger partial charge on any atom is -0.494 e. The number of aromatic nitrogens is 1. The molecule has 2 aromatic carbocycles. The quantitative estimate of drug-likeness (QED) is 0.502. The zero-order valence-electron chi connectivity index (χ0n) is 17.4. The first kappa shape index (κ1) is 21.4. The summed E-state index contributed by atoms with van der Waals surface area (Å²) in [7, 11) is 1.56. The summed E-state index contributed by atoms with van der Waals surface area (Å²) in [5, 5.41) is 6.05. The molecule has 0 unspecified atom stereocenters. The Morgan fingerprint density at radius 2 is 2.06 bits per heavy atom. The Morgan fingerprint density at radius 3 is 2.71 bits per heavy atom. The van der Waals surface area contributed by atoms with Gasteiger partial charge in [-0.1, -0.05) is 0 Å². The third-order valence-electron chi connectivity index (χ3n) is 4.97. The van der Waals surface area contributed by atoms with Gasteiger partial charge in [0.05, 0.1) is 23.5 Å². The van der Waals surface area contributed by atoms with E-state index in [0.717, 1.165) is 33.5 Å². The van der Waals surface area contributed by atoms with Gasteiger partial charge in [0.1, 0.15) is 5.75 Å². The number of ether oxygens (including phenoxy) is 1. The van der Waals surface area contributed by atoms with E-state index in [0.29, 0.717) is 30.0 Å². The lowest BCUT2D eigenvalue weighted by molar-refractivity contribution is -0.117. The number of benzene rings is 2. The molecule has 1 N–H and O–H groups in total. The molecule has 0 atom stereocenters. The number of hydrogen-bond donors (Lipinski definition) is 1. The molecule has 0 radical (unpaired) electrons. The van der Waals surface area contributed by atoms with Crippen molar-refractivity contribution >= 4 is 46.3 Å². The van der Waals surface area contributed by atoms with E-state index >= 15 is 0 Å². The number of aryl methyl sites for hydroxylation is 1. The van der Waals surface area contributed by atoms with Crippen molar-refractivity contribution in [3.05, 3.63) is 64.1 Å². The molecule has 2 amide bonds. The van der Waals surface area contributed by atoms with Gasteiger partial charge in [-0.3, -0.25) is 9.59 Å². The van der Waals surface area contributed by atoms with Crippen molar-refractivity contribution in [2.75, 3.05) is 23.9 Å². The maximum absolute atomic E-state index is 12.7. The molecule has 1 aliphatic rings. The molecule has 8 heteroatoms. The summed E-state index contributed by atoms with van der Waals surface area (Å²) in [5.41, 5.74) is 3.00. The van der Waals surface area contributed by atoms with Crippen LogP contribution >= 0.6 is 23.1 Å². The van der Waals surface area contributed by atoms with Crippen LogP contribution in [-0.4, -0.2) is 30.5 Å². The monoisotopic (exact) mass is 453 g/mol. The lowest BCUT2D eigenvalue weighted by Gasteiger charge is -2.19. The molecule has 160 valence electrons. The number of anilines is 2. The molecular formula is C23H23N3O3S2. The van der Waals surface area contributed by atoms with Crippen molar-refractivity contribution in [1.82, 2.24) is 4.98 Å². The van der Waals surface area contributed by atoms with E-state index in [1.807, 2.05) is 37.3 Å². The summed E-state index contributed by atoms with van der Waals surface area (Å²) in [4.78, 5) is 32.0. The number of methoxy groups -OCH3 is 1. The Labute approximate surface area is 189 Å². The number of hydrogen-bond acceptors (Lipinski definition) is 6. The van der Waals surface area contributed by atoms with E-state index in [1.54, 1.807) is 47.2 Å². The SMILES string of the molecule is COc1cc(NC(=O)c2ccc(SCc3csc(C)n3)cc2)ccc1N1CCCC1=O. The van der Waals surface area contributed by atoms with Gasteiger partial charge in [0.2, 0.25) is 5.91 Å². The molecule has 1 saturated heterocycles. The number of thioether (sulfide) groups is 1. The van der Waals surface area contributed by atoms with Gasteiger partial charge in [-0.25, -0.2) is 4.98 Å². The van der Waals surface area contributed by atoms with Crippen LogP contribution in [0.2, 0.25) is 0 Å². The van der Waals surface area contributed by atoms with Crippen molar-refractivity contribution < 1.29 is 14.3 Å². The zero-order chi connectivity index (χ0) is 21.8. The molecular weight excluding hydrogens is 430 g/mol. The lowest BCUT2D eigenvalue weighted by atomic mass is 10.2. The second-order valence-electron chi connectivity index (χ2n) is 7.16.